The lowest BCUT2D eigenvalue weighted by Crippen LogP contribution is -2.19. The molecule has 0 heterocycles. The van der Waals surface area contributed by atoms with E-state index in [1.807, 2.05) is 6.92 Å². The maximum absolute atomic E-state index is 5.58. The maximum Gasteiger partial charge on any atom is 0.0307 e. The van der Waals surface area contributed by atoms with Crippen LogP contribution in [0.4, 0.5) is 0 Å². The van der Waals surface area contributed by atoms with Crippen LogP contribution in [0.3, 0.4) is 0 Å². The van der Waals surface area contributed by atoms with Crippen molar-refractivity contribution >= 4 is 23.4 Å². The molecule has 0 amide bonds. The minimum Gasteiger partial charge on any atom is -0.317 e. The predicted octanol–water partition coefficient (Wildman–Crippen LogP) is 14.1. The Morgan fingerprint density at radius 2 is 1.00 bits per heavy atom. The summed E-state index contributed by atoms with van der Waals surface area (Å²) in [4.78, 5) is 2.36. The summed E-state index contributed by atoms with van der Waals surface area (Å²) in [5, 5.41) is 3.66. The molecule has 1 atom stereocenters. The summed E-state index contributed by atoms with van der Waals surface area (Å²) >= 11 is 7.63. The molecular weight excluding hydrogens is 564 g/mol. The van der Waals surface area contributed by atoms with Gasteiger partial charge >= 0.3 is 0 Å². The SMILES string of the molecule is CC(C)(C)C.CCCC(C)Cl.CCCCCCCC(C)C.CCCN(C)CCC.CCCNCCC.CCCSCCC. The van der Waals surface area contributed by atoms with E-state index < -0.39 is 0 Å². The van der Waals surface area contributed by atoms with E-state index in [2.05, 4.69) is 126 Å². The van der Waals surface area contributed by atoms with E-state index in [4.69, 9.17) is 11.6 Å². The van der Waals surface area contributed by atoms with Crippen LogP contribution in [0.2, 0.25) is 0 Å². The predicted molar refractivity (Wildman–Crippen MR) is 213 cm³/mol. The number of unbranched alkanes of at least 4 members (excludes halogenated alkanes) is 4. The standard InChI is InChI=1S/C10H22.C7H17N.C6H15N.C6H14S.C5H11Cl.C5H12/c1-4-5-6-7-8-9-10(2)3;1-4-6-8(3)7-5-2;2*1-3-5-7-6-4-2;1-3-4-5(2)6;1-5(2,3)4/h10H,4-9H2,1-3H3;4-7H2,1-3H3;7H,3-6H2,1-2H3;3-6H2,1-2H3;5H,3-4H2,1-2H3;1-4H3. The number of halogens is 1. The van der Waals surface area contributed by atoms with Crippen LogP contribution in [-0.4, -0.2) is 55.0 Å². The highest BCUT2D eigenvalue weighted by Gasteiger charge is 1.95. The second kappa shape index (κ2) is 52.1. The Labute approximate surface area is 287 Å². The van der Waals surface area contributed by atoms with Crippen molar-refractivity contribution in [2.75, 3.05) is 44.7 Å². The largest absolute Gasteiger partial charge is 0.317 e. The molecular formula is C39H91ClN2S. The van der Waals surface area contributed by atoms with Crippen molar-refractivity contribution in [2.24, 2.45) is 11.3 Å². The fraction of sp³-hybridized carbons (Fsp3) is 1.00. The van der Waals surface area contributed by atoms with E-state index in [-0.39, 0.29) is 0 Å². The van der Waals surface area contributed by atoms with Gasteiger partial charge in [0, 0.05) is 5.38 Å². The molecule has 2 nitrogen and oxygen atoms in total. The number of thioether (sulfide) groups is 1. The first-order chi connectivity index (χ1) is 20.2. The highest BCUT2D eigenvalue weighted by molar-refractivity contribution is 7.99. The first-order valence-corrected chi connectivity index (χ1v) is 20.4. The second-order valence-electron chi connectivity index (χ2n) is 13.8. The molecule has 0 aromatic heterocycles. The van der Waals surface area contributed by atoms with E-state index >= 15 is 0 Å². The van der Waals surface area contributed by atoms with Crippen LogP contribution in [0.1, 0.15) is 194 Å². The van der Waals surface area contributed by atoms with E-state index in [0.29, 0.717) is 10.8 Å². The van der Waals surface area contributed by atoms with Crippen molar-refractivity contribution in [2.45, 2.75) is 199 Å². The zero-order chi connectivity index (χ0) is 34.8. The molecule has 0 fully saturated rings. The fourth-order valence-corrected chi connectivity index (χ4v) is 4.30. The topological polar surface area (TPSA) is 15.3 Å². The third kappa shape index (κ3) is 116. The Balaban J connectivity index is -0.0000000968. The van der Waals surface area contributed by atoms with Crippen LogP contribution < -0.4 is 5.32 Å². The third-order valence-corrected chi connectivity index (χ3v) is 6.94. The van der Waals surface area contributed by atoms with E-state index in [1.54, 1.807) is 0 Å². The molecule has 1 N–H and O–H groups in total. The molecule has 1 unspecified atom stereocenters. The summed E-state index contributed by atoms with van der Waals surface area (Å²) in [7, 11) is 2.17. The summed E-state index contributed by atoms with van der Waals surface area (Å²) in [6, 6.07) is 0. The average Bonchev–Trinajstić information content (AvgIpc) is 2.90. The van der Waals surface area contributed by atoms with Gasteiger partial charge in [-0.1, -0.05) is 142 Å². The van der Waals surface area contributed by atoms with Crippen molar-refractivity contribution < 1.29 is 0 Å². The van der Waals surface area contributed by atoms with Gasteiger partial charge in [0.05, 0.1) is 0 Å². The molecule has 0 aliphatic heterocycles. The van der Waals surface area contributed by atoms with Crippen LogP contribution in [0.5, 0.6) is 0 Å². The molecule has 0 aliphatic carbocycles. The fourth-order valence-electron chi connectivity index (χ4n) is 3.30. The molecule has 0 aliphatic rings. The van der Waals surface area contributed by atoms with Crippen LogP contribution in [0.15, 0.2) is 0 Å². The van der Waals surface area contributed by atoms with Gasteiger partial charge in [0.2, 0.25) is 0 Å². The number of rotatable bonds is 20. The monoisotopic (exact) mass is 655 g/mol. The average molecular weight is 656 g/mol. The minimum atomic E-state index is 0.370. The Morgan fingerprint density at radius 1 is 0.581 bits per heavy atom. The molecule has 0 bridgehead atoms. The summed E-state index contributed by atoms with van der Waals surface area (Å²) in [6.45, 7) is 37.9. The number of nitrogens with zero attached hydrogens (tertiary/aromatic N) is 1. The van der Waals surface area contributed by atoms with Crippen molar-refractivity contribution in [3.8, 4) is 0 Å². The van der Waals surface area contributed by atoms with Gasteiger partial charge in [0.15, 0.2) is 0 Å². The summed E-state index contributed by atoms with van der Waals surface area (Å²) in [6.07, 6.45) is 18.6. The molecule has 0 radical (unpaired) electrons. The van der Waals surface area contributed by atoms with Crippen molar-refractivity contribution in [1.29, 1.82) is 0 Å². The zero-order valence-electron chi connectivity index (χ0n) is 33.5. The lowest BCUT2D eigenvalue weighted by Gasteiger charge is -2.12. The van der Waals surface area contributed by atoms with Gasteiger partial charge < -0.3 is 10.2 Å². The smallest absolute Gasteiger partial charge is 0.0307 e. The molecule has 0 saturated carbocycles. The van der Waals surface area contributed by atoms with Crippen LogP contribution in [-0.2, 0) is 0 Å². The number of hydrogen-bond acceptors (Lipinski definition) is 3. The lowest BCUT2D eigenvalue weighted by atomic mass is 10.0. The first-order valence-electron chi connectivity index (χ1n) is 18.8. The van der Waals surface area contributed by atoms with Gasteiger partial charge in [0.1, 0.15) is 0 Å². The highest BCUT2D eigenvalue weighted by Crippen LogP contribution is 2.10. The molecule has 270 valence electrons. The molecule has 43 heavy (non-hydrogen) atoms. The van der Waals surface area contributed by atoms with Crippen LogP contribution >= 0.6 is 23.4 Å². The van der Waals surface area contributed by atoms with Gasteiger partial charge in [-0.25, -0.2) is 0 Å². The van der Waals surface area contributed by atoms with Gasteiger partial charge in [-0.05, 0) is 108 Å². The second-order valence-corrected chi connectivity index (χ2v) is 15.8. The Kier molecular flexibility index (Phi) is 67.8. The van der Waals surface area contributed by atoms with Crippen molar-refractivity contribution in [3.63, 3.8) is 0 Å². The first kappa shape index (κ1) is 55.9. The Morgan fingerprint density at radius 3 is 1.26 bits per heavy atom. The number of hydrogen-bond donors (Lipinski definition) is 1. The van der Waals surface area contributed by atoms with E-state index in [1.165, 1.54) is 121 Å². The summed E-state index contributed by atoms with van der Waals surface area (Å²) in [5.74, 6) is 3.59. The molecule has 0 rings (SSSR count). The quantitative estimate of drug-likeness (QED) is 0.104. The minimum absolute atomic E-state index is 0.370. The normalized spacial score (nSPS) is 11.0. The molecule has 0 aromatic rings. The number of nitrogens with one attached hydrogen (secondary N) is 1. The van der Waals surface area contributed by atoms with Gasteiger partial charge in [-0.15, -0.1) is 11.6 Å². The van der Waals surface area contributed by atoms with Crippen LogP contribution in [0, 0.1) is 11.3 Å². The zero-order valence-corrected chi connectivity index (χ0v) is 35.1. The molecule has 0 aromatic carbocycles. The third-order valence-electron chi connectivity index (χ3n) is 5.33. The highest BCUT2D eigenvalue weighted by atomic mass is 35.5. The van der Waals surface area contributed by atoms with E-state index in [0.717, 1.165) is 12.3 Å². The van der Waals surface area contributed by atoms with Crippen molar-refractivity contribution in [3.05, 3.63) is 0 Å². The van der Waals surface area contributed by atoms with Crippen molar-refractivity contribution in [1.82, 2.24) is 10.2 Å². The molecule has 0 spiro atoms. The van der Waals surface area contributed by atoms with Gasteiger partial charge in [-0.3, -0.25) is 0 Å². The number of alkyl halides is 1. The summed E-state index contributed by atoms with van der Waals surface area (Å²) < 4.78 is 0. The van der Waals surface area contributed by atoms with Gasteiger partial charge in [0.25, 0.3) is 0 Å². The lowest BCUT2D eigenvalue weighted by molar-refractivity contribution is 0.335. The summed E-state index contributed by atoms with van der Waals surface area (Å²) in [5.41, 5.74) is 0.500. The maximum atomic E-state index is 5.58. The van der Waals surface area contributed by atoms with Gasteiger partial charge in [-0.2, -0.15) is 11.8 Å². The molecule has 0 saturated heterocycles. The van der Waals surface area contributed by atoms with E-state index in [9.17, 15) is 0 Å². The Bertz CT molecular complexity index is 367. The molecule has 4 heteroatoms. The van der Waals surface area contributed by atoms with Crippen LogP contribution in [0.25, 0.3) is 0 Å². The Hall–Kier alpha value is 0.560.